The summed E-state index contributed by atoms with van der Waals surface area (Å²) in [7, 11) is 8.50. The summed E-state index contributed by atoms with van der Waals surface area (Å²) in [6, 6.07) is 0. The maximum absolute atomic E-state index is 2.12. The summed E-state index contributed by atoms with van der Waals surface area (Å²) in [4.78, 5) is 0. The first-order valence-corrected chi connectivity index (χ1v) is 1.79. The molecule has 0 unspecified atom stereocenters. The van der Waals surface area contributed by atoms with Gasteiger partial charge in [0.25, 0.3) is 0 Å². The summed E-state index contributed by atoms with van der Waals surface area (Å²) in [6.07, 6.45) is 0. The first-order chi connectivity index (χ1) is 2.00. The lowest BCUT2D eigenvalue weighted by Crippen LogP contribution is -2.27. The highest BCUT2D eigenvalue weighted by Gasteiger charge is 1.88. The molecule has 0 fully saturated rings. The van der Waals surface area contributed by atoms with Crippen LogP contribution in [-0.4, -0.2) is 32.7 Å². The molecule has 0 spiro atoms. The highest BCUT2D eigenvalue weighted by molar-refractivity contribution is 14.0. The van der Waals surface area contributed by atoms with E-state index in [0.717, 1.165) is 4.48 Å². The average molecular weight is 239 g/mol. The molecule has 1 nitrogen and oxygen atoms in total. The van der Waals surface area contributed by atoms with Gasteiger partial charge in [-0.15, -0.1) is 36.4 Å². The molecule has 0 aliphatic rings. The normalized spacial score (nSPS) is 8.57. The Bertz CT molecular complexity index is 27.2. The lowest BCUT2D eigenvalue weighted by molar-refractivity contribution is -0.849. The van der Waals surface area contributed by atoms with Gasteiger partial charge in [-0.05, 0) is 0 Å². The first-order valence-electron chi connectivity index (χ1n) is 1.79. The largest absolute Gasteiger partial charge is 0.333 e. The zero-order valence-corrected chi connectivity index (χ0v) is 8.41. The van der Waals surface area contributed by atoms with E-state index >= 15 is 0 Å². The fraction of sp³-hybridized carbons (Fsp3) is 1.00. The third-order valence-corrected chi connectivity index (χ3v) is 0. The van der Waals surface area contributed by atoms with Gasteiger partial charge in [-0.3, -0.25) is 0 Å². The molecule has 7 heavy (non-hydrogen) atoms. The number of hydrogen-bond acceptors (Lipinski definition) is 0. The van der Waals surface area contributed by atoms with Crippen molar-refractivity contribution in [3.8, 4) is 0 Å². The van der Waals surface area contributed by atoms with E-state index in [1.54, 1.807) is 0 Å². The molecule has 0 heterocycles. The van der Waals surface area contributed by atoms with Crippen molar-refractivity contribution >= 4 is 36.4 Å². The molecule has 0 amide bonds. The minimum atomic E-state index is 0. The summed E-state index contributed by atoms with van der Waals surface area (Å²) in [6.45, 7) is 0. The van der Waals surface area contributed by atoms with Gasteiger partial charge in [0.15, 0.2) is 0 Å². The van der Waals surface area contributed by atoms with Crippen molar-refractivity contribution < 1.29 is 4.48 Å². The molecule has 0 aliphatic carbocycles. The van der Waals surface area contributed by atoms with E-state index in [9.17, 15) is 0 Å². The van der Waals surface area contributed by atoms with Gasteiger partial charge in [-0.2, -0.15) is 0 Å². The lowest BCUT2D eigenvalue weighted by Gasteiger charge is -2.14. The van der Waals surface area contributed by atoms with Crippen molar-refractivity contribution in [2.24, 2.45) is 0 Å². The molecule has 0 saturated heterocycles. The van der Waals surface area contributed by atoms with E-state index in [-0.39, 0.29) is 36.4 Å². The van der Waals surface area contributed by atoms with Crippen LogP contribution in [0.1, 0.15) is 0 Å². The maximum Gasteiger partial charge on any atom is 0.0675 e. The Kier molecular flexibility index (Phi) is 11.5. The van der Waals surface area contributed by atoms with Crippen LogP contribution in [0.2, 0.25) is 0 Å². The number of halogens is 2. The summed E-state index contributed by atoms with van der Waals surface area (Å²) in [5, 5.41) is 0. The van der Waals surface area contributed by atoms with E-state index in [1.807, 2.05) is 0 Å². The van der Waals surface area contributed by atoms with E-state index in [4.69, 9.17) is 0 Å². The van der Waals surface area contributed by atoms with Gasteiger partial charge < -0.3 is 4.48 Å². The molecule has 0 aliphatic heterocycles. The predicted molar refractivity (Wildman–Crippen MR) is 46.6 cm³/mol. The van der Waals surface area contributed by atoms with E-state index in [2.05, 4.69) is 28.2 Å². The van der Waals surface area contributed by atoms with E-state index in [1.165, 1.54) is 0 Å². The molecule has 0 aromatic heterocycles. The van der Waals surface area contributed by atoms with Gasteiger partial charge in [0, 0.05) is 0 Å². The van der Waals surface area contributed by atoms with Gasteiger partial charge in [-0.25, -0.2) is 0 Å². The SMILES string of the molecule is C[N+](C)(C)C.Cl.I. The fourth-order valence-electron chi connectivity index (χ4n) is 0. The Morgan fingerprint density at radius 3 is 0.857 bits per heavy atom. The van der Waals surface area contributed by atoms with Crippen LogP contribution >= 0.6 is 36.4 Å². The molecule has 0 N–H and O–H groups in total. The highest BCUT2D eigenvalue weighted by atomic mass is 127. The van der Waals surface area contributed by atoms with Gasteiger partial charge in [0.2, 0.25) is 0 Å². The maximum atomic E-state index is 2.12. The van der Waals surface area contributed by atoms with Crippen molar-refractivity contribution in [1.29, 1.82) is 0 Å². The quantitative estimate of drug-likeness (QED) is 0.442. The second-order valence-electron chi connectivity index (χ2n) is 2.68. The van der Waals surface area contributed by atoms with E-state index < -0.39 is 0 Å². The molecule has 0 aromatic rings. The fourth-order valence-corrected chi connectivity index (χ4v) is 0. The molecule has 0 rings (SSSR count). The van der Waals surface area contributed by atoms with Crippen LogP contribution in [-0.2, 0) is 0 Å². The monoisotopic (exact) mass is 238 g/mol. The third kappa shape index (κ3) is 180. The molecule has 0 radical (unpaired) electrons. The minimum Gasteiger partial charge on any atom is -0.333 e. The molecule has 0 bridgehead atoms. The second-order valence-corrected chi connectivity index (χ2v) is 2.68. The molecule has 0 saturated carbocycles. The van der Waals surface area contributed by atoms with Gasteiger partial charge >= 0.3 is 0 Å². The molecular weight excluding hydrogens is 224 g/mol. The topological polar surface area (TPSA) is 0 Å². The van der Waals surface area contributed by atoms with Gasteiger partial charge in [0.05, 0.1) is 28.2 Å². The summed E-state index contributed by atoms with van der Waals surface area (Å²) < 4.78 is 1.00. The summed E-state index contributed by atoms with van der Waals surface area (Å²) >= 11 is 0. The van der Waals surface area contributed by atoms with Crippen LogP contribution in [0.15, 0.2) is 0 Å². The Hall–Kier alpha value is 0.980. The Morgan fingerprint density at radius 1 is 0.857 bits per heavy atom. The number of rotatable bonds is 0. The van der Waals surface area contributed by atoms with Crippen LogP contribution in [0.25, 0.3) is 0 Å². The lowest BCUT2D eigenvalue weighted by atomic mass is 10.8. The molecule has 3 heteroatoms. The second kappa shape index (κ2) is 5.12. The van der Waals surface area contributed by atoms with E-state index in [0.29, 0.717) is 0 Å². The highest BCUT2D eigenvalue weighted by Crippen LogP contribution is 1.73. The molecule has 48 valence electrons. The van der Waals surface area contributed by atoms with Crippen molar-refractivity contribution in [2.45, 2.75) is 0 Å². The Labute approximate surface area is 69.1 Å². The van der Waals surface area contributed by atoms with Crippen LogP contribution in [0.4, 0.5) is 0 Å². The summed E-state index contributed by atoms with van der Waals surface area (Å²) in [5.41, 5.74) is 0. The standard InChI is InChI=1S/C4H12N.ClH.HI/c1-5(2,3)4;;/h1-4H3;2*1H/q+1;;. The van der Waals surface area contributed by atoms with Crippen LogP contribution in [0.5, 0.6) is 0 Å². The van der Waals surface area contributed by atoms with Gasteiger partial charge in [0.1, 0.15) is 0 Å². The molecular formula is C4H14ClIN+. The molecule has 0 atom stereocenters. The van der Waals surface area contributed by atoms with Gasteiger partial charge in [-0.1, -0.05) is 0 Å². The minimum absolute atomic E-state index is 0. The van der Waals surface area contributed by atoms with Crippen LogP contribution < -0.4 is 0 Å². The average Bonchev–Trinajstić information content (AvgIpc) is 0.722. The number of nitrogens with zero attached hydrogens (tertiary/aromatic N) is 1. The van der Waals surface area contributed by atoms with Crippen molar-refractivity contribution in [1.82, 2.24) is 0 Å². The number of hydrogen-bond donors (Lipinski definition) is 0. The Morgan fingerprint density at radius 2 is 0.857 bits per heavy atom. The predicted octanol–water partition coefficient (Wildman–Crippen LogP) is 1.36. The first kappa shape index (κ1) is 15.7. The summed E-state index contributed by atoms with van der Waals surface area (Å²) in [5.74, 6) is 0. The Balaban J connectivity index is -0.0000000800. The number of quaternary nitrogens is 1. The zero-order chi connectivity index (χ0) is 4.50. The van der Waals surface area contributed by atoms with Crippen molar-refractivity contribution in [2.75, 3.05) is 28.2 Å². The smallest absolute Gasteiger partial charge is 0.0675 e. The third-order valence-electron chi connectivity index (χ3n) is 0. The zero-order valence-electron chi connectivity index (χ0n) is 5.26. The van der Waals surface area contributed by atoms with Crippen molar-refractivity contribution in [3.63, 3.8) is 0 Å². The molecule has 0 aromatic carbocycles. The van der Waals surface area contributed by atoms with Crippen molar-refractivity contribution in [3.05, 3.63) is 0 Å². The van der Waals surface area contributed by atoms with Crippen LogP contribution in [0.3, 0.4) is 0 Å². The van der Waals surface area contributed by atoms with Crippen LogP contribution in [0, 0.1) is 0 Å².